The summed E-state index contributed by atoms with van der Waals surface area (Å²) in [6.07, 6.45) is 0. The van der Waals surface area contributed by atoms with Gasteiger partial charge in [-0.3, -0.25) is 4.79 Å². The van der Waals surface area contributed by atoms with Crippen LogP contribution < -0.4 is 0 Å². The van der Waals surface area contributed by atoms with Crippen LogP contribution in [-0.2, 0) is 27.2 Å². The van der Waals surface area contributed by atoms with Gasteiger partial charge in [0.05, 0.1) is 0 Å². The van der Waals surface area contributed by atoms with Crippen LogP contribution in [0.15, 0.2) is 10.3 Å². The Morgan fingerprint density at radius 1 is 1.29 bits per heavy atom. The van der Waals surface area contributed by atoms with Gasteiger partial charge in [0, 0.05) is 6.92 Å². The van der Waals surface area contributed by atoms with Gasteiger partial charge in [0.1, 0.15) is 10.3 Å². The van der Waals surface area contributed by atoms with Crippen molar-refractivity contribution in [1.29, 1.82) is 0 Å². The van der Waals surface area contributed by atoms with E-state index in [0.717, 1.165) is 6.92 Å². The van der Waals surface area contributed by atoms with Crippen molar-refractivity contribution in [1.82, 2.24) is 9.80 Å². The average Bonchev–Trinajstić information content (AvgIpc) is 2.17. The second-order valence-corrected chi connectivity index (χ2v) is 3.15. The fraction of sp³-hybridized carbons (Fsp3) is 0.429. The zero-order valence-corrected chi connectivity index (χ0v) is 10.9. The zero-order valence-electron chi connectivity index (χ0n) is 7.88. The predicted octanol–water partition coefficient (Wildman–Crippen LogP) is 1.68. The molecule has 4 nitrogen and oxygen atoms in total. The summed E-state index contributed by atoms with van der Waals surface area (Å²) in [4.78, 5) is 12.5. The van der Waals surface area contributed by atoms with Crippen LogP contribution in [0, 0.1) is 6.67 Å². The van der Waals surface area contributed by atoms with E-state index in [1.807, 2.05) is 20.8 Å². The van der Waals surface area contributed by atoms with Crippen LogP contribution in [0.2, 0.25) is 0 Å². The number of carboxylic acid groups (broad SMARTS) is 1. The number of hydrogen-bond donors (Lipinski definition) is 1. The first kappa shape index (κ1) is 16.6. The van der Waals surface area contributed by atoms with Gasteiger partial charge in [-0.05, 0) is 14.1 Å². The van der Waals surface area contributed by atoms with Crippen LogP contribution in [0.1, 0.15) is 6.92 Å². The molecule has 86 valence electrons. The van der Waals surface area contributed by atoms with Crippen LogP contribution in [0.4, 0.5) is 0 Å². The standard InChI is InChI=1S/C5H7Cl2N2.C2H4O2.Ag/c1-8-3-9(2)5(7)4(8)6;1-2(3)4;/h3H,1-2H3;1H3,(H,3,4);/q-1;;+1. The molecule has 1 aliphatic rings. The molecule has 0 aromatic heterocycles. The third-order valence-electron chi connectivity index (χ3n) is 1.14. The zero-order chi connectivity index (χ0) is 10.6. The molecule has 0 aromatic rings. The second-order valence-electron chi connectivity index (χ2n) is 2.44. The second kappa shape index (κ2) is 7.43. The van der Waals surface area contributed by atoms with Gasteiger partial charge >= 0.3 is 22.4 Å². The maximum Gasteiger partial charge on any atom is 1.00 e. The Labute approximate surface area is 109 Å². The summed E-state index contributed by atoms with van der Waals surface area (Å²) >= 11 is 11.4. The van der Waals surface area contributed by atoms with Crippen LogP contribution >= 0.6 is 23.2 Å². The molecule has 0 atom stereocenters. The summed E-state index contributed by atoms with van der Waals surface area (Å²) in [5.41, 5.74) is 0. The van der Waals surface area contributed by atoms with Gasteiger partial charge in [-0.2, -0.15) is 6.67 Å². The maximum atomic E-state index is 9.00. The van der Waals surface area contributed by atoms with E-state index in [0.29, 0.717) is 10.3 Å². The predicted molar refractivity (Wildman–Crippen MR) is 51.9 cm³/mol. The normalized spacial score (nSPS) is 14.6. The molecule has 0 unspecified atom stereocenters. The Hall–Kier alpha value is 0.130. The summed E-state index contributed by atoms with van der Waals surface area (Å²) < 4.78 is 0. The summed E-state index contributed by atoms with van der Waals surface area (Å²) in [7, 11) is 3.68. The Morgan fingerprint density at radius 2 is 1.50 bits per heavy atom. The minimum atomic E-state index is -0.833. The smallest absolute Gasteiger partial charge is 0.494 e. The van der Waals surface area contributed by atoms with Crippen LogP contribution in [0.25, 0.3) is 0 Å². The van der Waals surface area contributed by atoms with Gasteiger partial charge in [0.15, 0.2) is 0 Å². The third-order valence-corrected chi connectivity index (χ3v) is 2.12. The number of nitrogens with zero attached hydrogens (tertiary/aromatic N) is 2. The maximum absolute atomic E-state index is 9.00. The molecule has 0 bridgehead atoms. The number of carbonyl (C=O) groups is 1. The quantitative estimate of drug-likeness (QED) is 0.416. The van der Waals surface area contributed by atoms with E-state index in [2.05, 4.69) is 0 Å². The van der Waals surface area contributed by atoms with Gasteiger partial charge in [0.2, 0.25) is 0 Å². The third kappa shape index (κ3) is 5.78. The molecule has 0 aromatic carbocycles. The van der Waals surface area contributed by atoms with Gasteiger partial charge < -0.3 is 14.9 Å². The fourth-order valence-corrected chi connectivity index (χ4v) is 1.01. The molecule has 1 N–H and O–H groups in total. The molecular weight excluding hydrogens is 323 g/mol. The SMILES string of the molecule is CC(=O)O.CN1[CH-]N(C)C(Cl)=C1Cl.[Ag+]. The molecule has 1 rings (SSSR count). The van der Waals surface area contributed by atoms with Gasteiger partial charge in [-0.25, -0.2) is 0 Å². The van der Waals surface area contributed by atoms with E-state index in [4.69, 9.17) is 33.1 Å². The molecular formula is C7H11AgCl2N2O2. The van der Waals surface area contributed by atoms with Crippen molar-refractivity contribution in [2.24, 2.45) is 0 Å². The van der Waals surface area contributed by atoms with Crippen molar-refractivity contribution in [3.63, 3.8) is 0 Å². The van der Waals surface area contributed by atoms with Crippen molar-refractivity contribution in [3.8, 4) is 0 Å². The van der Waals surface area contributed by atoms with Crippen molar-refractivity contribution in [3.05, 3.63) is 17.0 Å². The molecule has 0 amide bonds. The average molecular weight is 334 g/mol. The van der Waals surface area contributed by atoms with Crippen LogP contribution in [-0.4, -0.2) is 35.0 Å². The van der Waals surface area contributed by atoms with Crippen molar-refractivity contribution in [2.75, 3.05) is 14.1 Å². The van der Waals surface area contributed by atoms with Crippen LogP contribution in [0.5, 0.6) is 0 Å². The molecule has 0 fully saturated rings. The molecule has 14 heavy (non-hydrogen) atoms. The summed E-state index contributed by atoms with van der Waals surface area (Å²) in [6.45, 7) is 2.89. The molecule has 0 radical (unpaired) electrons. The largest absolute Gasteiger partial charge is 1.00 e. The Kier molecular flexibility index (Phi) is 8.78. The van der Waals surface area contributed by atoms with Gasteiger partial charge in [0.25, 0.3) is 5.97 Å². The van der Waals surface area contributed by atoms with E-state index in [1.54, 1.807) is 9.80 Å². The topological polar surface area (TPSA) is 43.8 Å². The molecule has 7 heteroatoms. The Bertz CT molecular complexity index is 216. The number of halogens is 2. The van der Waals surface area contributed by atoms with Crippen LogP contribution in [0.3, 0.4) is 0 Å². The molecule has 0 saturated heterocycles. The van der Waals surface area contributed by atoms with Crippen molar-refractivity contribution < 1.29 is 32.3 Å². The van der Waals surface area contributed by atoms with Gasteiger partial charge in [-0.15, -0.1) is 0 Å². The monoisotopic (exact) mass is 332 g/mol. The molecule has 0 spiro atoms. The van der Waals surface area contributed by atoms with E-state index in [-0.39, 0.29) is 22.4 Å². The first-order valence-corrected chi connectivity index (χ1v) is 4.17. The molecule has 1 heterocycles. The van der Waals surface area contributed by atoms with Crippen molar-refractivity contribution in [2.45, 2.75) is 6.92 Å². The number of hydrogen-bond acceptors (Lipinski definition) is 3. The Morgan fingerprint density at radius 3 is 1.57 bits per heavy atom. The number of aliphatic carboxylic acids is 1. The summed E-state index contributed by atoms with van der Waals surface area (Å²) in [6, 6.07) is 0. The molecule has 0 saturated carbocycles. The number of carboxylic acids is 1. The first-order valence-electron chi connectivity index (χ1n) is 3.41. The van der Waals surface area contributed by atoms with E-state index >= 15 is 0 Å². The number of rotatable bonds is 0. The first-order chi connectivity index (χ1) is 5.86. The van der Waals surface area contributed by atoms with E-state index in [9.17, 15) is 0 Å². The van der Waals surface area contributed by atoms with Crippen molar-refractivity contribution >= 4 is 29.2 Å². The molecule has 1 aliphatic heterocycles. The summed E-state index contributed by atoms with van der Waals surface area (Å²) in [5, 5.41) is 8.55. The Balaban J connectivity index is 0. The minimum Gasteiger partial charge on any atom is -0.494 e. The van der Waals surface area contributed by atoms with Gasteiger partial charge in [-0.1, -0.05) is 23.2 Å². The fourth-order valence-electron chi connectivity index (χ4n) is 0.652. The van der Waals surface area contributed by atoms with E-state index in [1.165, 1.54) is 0 Å². The minimum absolute atomic E-state index is 0. The summed E-state index contributed by atoms with van der Waals surface area (Å²) in [5.74, 6) is -0.833. The van der Waals surface area contributed by atoms with E-state index < -0.39 is 5.97 Å². The molecule has 0 aliphatic carbocycles.